The first-order valence-electron chi connectivity index (χ1n) is 7.99. The normalized spacial score (nSPS) is 18.5. The minimum atomic E-state index is -2.80. The van der Waals surface area contributed by atoms with E-state index >= 15 is 0 Å². The van der Waals surface area contributed by atoms with Gasteiger partial charge in [-0.3, -0.25) is 4.90 Å². The molecule has 7 heteroatoms. The highest BCUT2D eigenvalue weighted by Gasteiger charge is 2.20. The second-order valence-electron chi connectivity index (χ2n) is 5.82. The van der Waals surface area contributed by atoms with E-state index < -0.39 is 6.61 Å². The third-order valence-corrected chi connectivity index (χ3v) is 3.93. The predicted octanol–water partition coefficient (Wildman–Crippen LogP) is 3.15. The van der Waals surface area contributed by atoms with E-state index in [0.29, 0.717) is 12.5 Å². The van der Waals surface area contributed by atoms with E-state index in [1.807, 2.05) is 6.07 Å². The minimum Gasteiger partial charge on any atom is -0.435 e. The van der Waals surface area contributed by atoms with Crippen LogP contribution in [-0.4, -0.2) is 40.6 Å². The van der Waals surface area contributed by atoms with Gasteiger partial charge < -0.3 is 10.1 Å². The second kappa shape index (κ2) is 8.01. The van der Waals surface area contributed by atoms with Crippen molar-refractivity contribution < 1.29 is 13.5 Å². The average Bonchev–Trinajstić information content (AvgIpc) is 2.56. The molecule has 0 bridgehead atoms. The maximum absolute atomic E-state index is 12.3. The van der Waals surface area contributed by atoms with Gasteiger partial charge in [0.15, 0.2) is 0 Å². The molecule has 1 aromatic heterocycles. The van der Waals surface area contributed by atoms with Gasteiger partial charge in [-0.1, -0.05) is 12.1 Å². The van der Waals surface area contributed by atoms with Crippen molar-refractivity contribution in [1.82, 2.24) is 14.9 Å². The smallest absolute Gasteiger partial charge is 0.387 e. The molecule has 0 saturated carbocycles. The molecular weight excluding hydrogens is 314 g/mol. The summed E-state index contributed by atoms with van der Waals surface area (Å²) in [7, 11) is 0. The van der Waals surface area contributed by atoms with Crippen LogP contribution in [0, 0.1) is 0 Å². The topological polar surface area (TPSA) is 50.3 Å². The predicted molar refractivity (Wildman–Crippen MR) is 87.0 cm³/mol. The third-order valence-electron chi connectivity index (χ3n) is 3.93. The summed E-state index contributed by atoms with van der Waals surface area (Å²) in [6, 6.07) is 8.95. The van der Waals surface area contributed by atoms with Gasteiger partial charge >= 0.3 is 6.61 Å². The van der Waals surface area contributed by atoms with Gasteiger partial charge in [0.25, 0.3) is 0 Å². The number of aromatic nitrogens is 2. The Morgan fingerprint density at radius 2 is 2.08 bits per heavy atom. The van der Waals surface area contributed by atoms with Crippen LogP contribution in [0.1, 0.15) is 18.4 Å². The molecule has 1 unspecified atom stereocenters. The van der Waals surface area contributed by atoms with E-state index in [2.05, 4.69) is 24.9 Å². The number of nitrogens with one attached hydrogen (secondary N) is 1. The molecule has 2 heterocycles. The van der Waals surface area contributed by atoms with Crippen LogP contribution in [0.5, 0.6) is 5.75 Å². The lowest BCUT2D eigenvalue weighted by Gasteiger charge is -2.33. The number of rotatable bonds is 6. The van der Waals surface area contributed by atoms with Crippen LogP contribution in [-0.2, 0) is 6.54 Å². The van der Waals surface area contributed by atoms with Crippen molar-refractivity contribution in [3.8, 4) is 5.75 Å². The van der Waals surface area contributed by atoms with E-state index in [1.165, 1.54) is 0 Å². The fourth-order valence-electron chi connectivity index (χ4n) is 2.95. The molecule has 1 atom stereocenters. The van der Waals surface area contributed by atoms with E-state index in [-0.39, 0.29) is 11.8 Å². The Kier molecular flexibility index (Phi) is 5.53. The molecule has 1 aliphatic heterocycles. The van der Waals surface area contributed by atoms with Crippen LogP contribution >= 0.6 is 0 Å². The Morgan fingerprint density at radius 3 is 2.88 bits per heavy atom. The standard InChI is InChI=1S/C17H20F2N4O/c18-16(19)24-15-6-1-4-13(10-15)11-23-9-2-5-14(12-23)22-17-20-7-3-8-21-17/h1,3-4,6-8,10,14,16H,2,5,9,11-12H2,(H,20,21,22). The summed E-state index contributed by atoms with van der Waals surface area (Å²) in [6.07, 6.45) is 5.55. The van der Waals surface area contributed by atoms with E-state index in [9.17, 15) is 8.78 Å². The molecule has 1 N–H and O–H groups in total. The number of hydrogen-bond donors (Lipinski definition) is 1. The number of benzene rings is 1. The van der Waals surface area contributed by atoms with Crippen molar-refractivity contribution in [2.45, 2.75) is 32.0 Å². The van der Waals surface area contributed by atoms with Crippen molar-refractivity contribution >= 4 is 5.95 Å². The van der Waals surface area contributed by atoms with Crippen LogP contribution in [0.15, 0.2) is 42.7 Å². The first-order chi connectivity index (χ1) is 11.7. The van der Waals surface area contributed by atoms with Gasteiger partial charge in [-0.15, -0.1) is 0 Å². The van der Waals surface area contributed by atoms with Crippen molar-refractivity contribution in [3.63, 3.8) is 0 Å². The van der Waals surface area contributed by atoms with Gasteiger partial charge in [0.2, 0.25) is 5.95 Å². The molecule has 1 saturated heterocycles. The van der Waals surface area contributed by atoms with Crippen LogP contribution < -0.4 is 10.1 Å². The number of alkyl halides is 2. The summed E-state index contributed by atoms with van der Waals surface area (Å²) in [5.74, 6) is 0.837. The lowest BCUT2D eigenvalue weighted by molar-refractivity contribution is -0.0499. The van der Waals surface area contributed by atoms with E-state index in [4.69, 9.17) is 0 Å². The molecule has 0 spiro atoms. The van der Waals surface area contributed by atoms with Gasteiger partial charge in [-0.25, -0.2) is 9.97 Å². The third kappa shape index (κ3) is 4.86. The first-order valence-corrected chi connectivity index (χ1v) is 7.99. The van der Waals surface area contributed by atoms with Crippen molar-refractivity contribution in [2.24, 2.45) is 0 Å². The summed E-state index contributed by atoms with van der Waals surface area (Å²) < 4.78 is 29.1. The van der Waals surface area contributed by atoms with Crippen LogP contribution in [0.4, 0.5) is 14.7 Å². The largest absolute Gasteiger partial charge is 0.435 e. The molecule has 128 valence electrons. The highest BCUT2D eigenvalue weighted by Crippen LogP contribution is 2.20. The van der Waals surface area contributed by atoms with E-state index in [1.54, 1.807) is 36.7 Å². The number of halogens is 2. The Bertz CT molecular complexity index is 641. The number of hydrogen-bond acceptors (Lipinski definition) is 5. The summed E-state index contributed by atoms with van der Waals surface area (Å²) in [4.78, 5) is 10.7. The van der Waals surface area contributed by atoms with Gasteiger partial charge in [0, 0.05) is 31.5 Å². The summed E-state index contributed by atoms with van der Waals surface area (Å²) in [5.41, 5.74) is 0.963. The fraction of sp³-hybridized carbons (Fsp3) is 0.412. The van der Waals surface area contributed by atoms with Crippen LogP contribution in [0.25, 0.3) is 0 Å². The summed E-state index contributed by atoms with van der Waals surface area (Å²) in [6.45, 7) is -0.255. The number of likely N-dealkylation sites (tertiary alicyclic amines) is 1. The zero-order chi connectivity index (χ0) is 16.8. The quantitative estimate of drug-likeness (QED) is 0.879. The molecule has 1 aromatic carbocycles. The zero-order valence-corrected chi connectivity index (χ0v) is 13.2. The van der Waals surface area contributed by atoms with Gasteiger partial charge in [0.1, 0.15) is 5.75 Å². The van der Waals surface area contributed by atoms with Gasteiger partial charge in [0.05, 0.1) is 0 Å². The molecule has 3 rings (SSSR count). The van der Waals surface area contributed by atoms with Crippen LogP contribution in [0.3, 0.4) is 0 Å². The average molecular weight is 334 g/mol. The molecule has 0 amide bonds. The number of anilines is 1. The van der Waals surface area contributed by atoms with Gasteiger partial charge in [-0.2, -0.15) is 8.78 Å². The van der Waals surface area contributed by atoms with E-state index in [0.717, 1.165) is 31.5 Å². The van der Waals surface area contributed by atoms with Crippen LogP contribution in [0.2, 0.25) is 0 Å². The molecule has 24 heavy (non-hydrogen) atoms. The number of piperidine rings is 1. The zero-order valence-electron chi connectivity index (χ0n) is 13.2. The SMILES string of the molecule is FC(F)Oc1cccc(CN2CCCC(Nc3ncccn3)C2)c1. The summed E-state index contributed by atoms with van der Waals surface area (Å²) >= 11 is 0. The molecule has 2 aromatic rings. The molecule has 0 aliphatic carbocycles. The Hall–Kier alpha value is -2.28. The lowest BCUT2D eigenvalue weighted by atomic mass is 10.0. The van der Waals surface area contributed by atoms with Crippen molar-refractivity contribution in [3.05, 3.63) is 48.3 Å². The van der Waals surface area contributed by atoms with Crippen molar-refractivity contribution in [1.29, 1.82) is 0 Å². The van der Waals surface area contributed by atoms with Gasteiger partial charge in [-0.05, 0) is 43.1 Å². The second-order valence-corrected chi connectivity index (χ2v) is 5.82. The first kappa shape index (κ1) is 16.6. The number of ether oxygens (including phenoxy) is 1. The molecular formula is C17H20F2N4O. The Labute approximate surface area is 139 Å². The maximum Gasteiger partial charge on any atom is 0.387 e. The molecule has 1 aliphatic rings. The lowest BCUT2D eigenvalue weighted by Crippen LogP contribution is -2.41. The monoisotopic (exact) mass is 334 g/mol. The molecule has 0 radical (unpaired) electrons. The Balaban J connectivity index is 1.57. The number of nitrogens with zero attached hydrogens (tertiary/aromatic N) is 3. The highest BCUT2D eigenvalue weighted by atomic mass is 19.3. The highest BCUT2D eigenvalue weighted by molar-refractivity contribution is 5.29. The fourth-order valence-corrected chi connectivity index (χ4v) is 2.95. The molecule has 1 fully saturated rings. The maximum atomic E-state index is 12.3. The summed E-state index contributed by atoms with van der Waals surface area (Å²) in [5, 5.41) is 3.35. The van der Waals surface area contributed by atoms with Crippen molar-refractivity contribution in [2.75, 3.05) is 18.4 Å². The Morgan fingerprint density at radius 1 is 1.25 bits per heavy atom. The molecule has 5 nitrogen and oxygen atoms in total. The minimum absolute atomic E-state index is 0.201.